The van der Waals surface area contributed by atoms with E-state index in [1.54, 1.807) is 50.2 Å². The fraction of sp³-hybridized carbons (Fsp3) is 0.263. The molecule has 0 fully saturated rings. The van der Waals surface area contributed by atoms with E-state index in [2.05, 4.69) is 10.6 Å². The van der Waals surface area contributed by atoms with Gasteiger partial charge in [-0.3, -0.25) is 9.59 Å². The molecule has 2 aromatic carbocycles. The minimum Gasteiger partial charge on any atom is -0.479 e. The molecular weight excluding hydrogens is 359 g/mol. The number of para-hydroxylation sites is 1. The Balaban J connectivity index is 1.74. The average molecular weight is 379 g/mol. The smallest absolute Gasteiger partial charge is 0.260 e. The molecule has 0 aliphatic rings. The molecule has 0 radical (unpaired) electrons. The van der Waals surface area contributed by atoms with E-state index < -0.39 is 17.8 Å². The van der Waals surface area contributed by atoms with Crippen LogP contribution in [0.4, 0.5) is 4.39 Å². The lowest BCUT2D eigenvalue weighted by Crippen LogP contribution is -2.40. The first-order valence-electron chi connectivity index (χ1n) is 8.11. The summed E-state index contributed by atoms with van der Waals surface area (Å²) in [5.74, 6) is -0.748. The number of halogens is 2. The highest BCUT2D eigenvalue weighted by Crippen LogP contribution is 2.24. The zero-order chi connectivity index (χ0) is 19.1. The molecule has 26 heavy (non-hydrogen) atoms. The van der Waals surface area contributed by atoms with Crippen LogP contribution in [0, 0.1) is 12.7 Å². The Morgan fingerprint density at radius 2 is 1.85 bits per heavy atom. The van der Waals surface area contributed by atoms with E-state index in [1.807, 2.05) is 0 Å². The molecule has 0 aliphatic carbocycles. The monoisotopic (exact) mass is 378 g/mol. The molecule has 0 spiro atoms. The molecule has 0 heterocycles. The third kappa shape index (κ3) is 5.46. The van der Waals surface area contributed by atoms with Crippen LogP contribution in [0.5, 0.6) is 5.75 Å². The van der Waals surface area contributed by atoms with Crippen LogP contribution in [0.3, 0.4) is 0 Å². The molecule has 2 aromatic rings. The van der Waals surface area contributed by atoms with Crippen molar-refractivity contribution in [2.45, 2.75) is 20.0 Å². The van der Waals surface area contributed by atoms with Crippen LogP contribution < -0.4 is 15.4 Å². The van der Waals surface area contributed by atoms with Crippen LogP contribution in [-0.2, 0) is 4.79 Å². The van der Waals surface area contributed by atoms with Crippen molar-refractivity contribution in [2.75, 3.05) is 13.1 Å². The molecule has 0 bridgehead atoms. The predicted molar refractivity (Wildman–Crippen MR) is 98.0 cm³/mol. The zero-order valence-corrected chi connectivity index (χ0v) is 15.3. The molecule has 0 saturated heterocycles. The first-order chi connectivity index (χ1) is 12.4. The van der Waals surface area contributed by atoms with Crippen molar-refractivity contribution in [3.8, 4) is 5.75 Å². The average Bonchev–Trinajstić information content (AvgIpc) is 2.62. The number of carbonyl (C=O) groups excluding carboxylic acids is 2. The van der Waals surface area contributed by atoms with E-state index in [0.717, 1.165) is 0 Å². The zero-order valence-electron chi connectivity index (χ0n) is 14.5. The molecule has 2 rings (SSSR count). The van der Waals surface area contributed by atoms with Gasteiger partial charge in [0.05, 0.1) is 5.02 Å². The van der Waals surface area contributed by atoms with Crippen molar-refractivity contribution >= 4 is 23.4 Å². The summed E-state index contributed by atoms with van der Waals surface area (Å²) in [4.78, 5) is 23.9. The molecule has 7 heteroatoms. The van der Waals surface area contributed by atoms with Gasteiger partial charge < -0.3 is 15.4 Å². The summed E-state index contributed by atoms with van der Waals surface area (Å²) in [6.07, 6.45) is -0.739. The maximum Gasteiger partial charge on any atom is 0.260 e. The van der Waals surface area contributed by atoms with Gasteiger partial charge in [0.2, 0.25) is 0 Å². The van der Waals surface area contributed by atoms with Crippen LogP contribution in [0.25, 0.3) is 0 Å². The minimum atomic E-state index is -0.739. The van der Waals surface area contributed by atoms with Crippen molar-refractivity contribution in [2.24, 2.45) is 0 Å². The number of ether oxygens (including phenoxy) is 1. The Labute approximate surface area is 156 Å². The number of carbonyl (C=O) groups is 2. The number of amides is 2. The quantitative estimate of drug-likeness (QED) is 0.727. The van der Waals surface area contributed by atoms with Crippen molar-refractivity contribution in [3.05, 3.63) is 64.4 Å². The summed E-state index contributed by atoms with van der Waals surface area (Å²) in [7, 11) is 0. The van der Waals surface area contributed by atoms with E-state index in [4.69, 9.17) is 16.3 Å². The summed E-state index contributed by atoms with van der Waals surface area (Å²) in [5.41, 5.74) is 0.705. The van der Waals surface area contributed by atoms with E-state index in [1.165, 1.54) is 6.07 Å². The summed E-state index contributed by atoms with van der Waals surface area (Å²) in [6, 6.07) is 11.1. The van der Waals surface area contributed by atoms with Crippen LogP contribution in [0.2, 0.25) is 5.02 Å². The molecule has 138 valence electrons. The maximum absolute atomic E-state index is 13.5. The highest BCUT2D eigenvalue weighted by molar-refractivity contribution is 6.32. The van der Waals surface area contributed by atoms with Crippen LogP contribution in [0.15, 0.2) is 42.5 Å². The second-order valence-electron chi connectivity index (χ2n) is 5.70. The lowest BCUT2D eigenvalue weighted by Gasteiger charge is -2.15. The van der Waals surface area contributed by atoms with Gasteiger partial charge in [0, 0.05) is 18.7 Å². The lowest BCUT2D eigenvalue weighted by molar-refractivity contribution is -0.127. The molecule has 1 unspecified atom stereocenters. The van der Waals surface area contributed by atoms with Gasteiger partial charge >= 0.3 is 0 Å². The lowest BCUT2D eigenvalue weighted by atomic mass is 10.1. The summed E-state index contributed by atoms with van der Waals surface area (Å²) < 4.78 is 19.0. The highest BCUT2D eigenvalue weighted by Gasteiger charge is 2.15. The number of aryl methyl sites for hydroxylation is 1. The number of hydrogen-bond donors (Lipinski definition) is 2. The third-order valence-electron chi connectivity index (χ3n) is 3.65. The second kappa shape index (κ2) is 9.20. The third-order valence-corrected chi connectivity index (χ3v) is 3.97. The van der Waals surface area contributed by atoms with Gasteiger partial charge in [0.1, 0.15) is 11.6 Å². The van der Waals surface area contributed by atoms with Gasteiger partial charge in [-0.25, -0.2) is 4.39 Å². The van der Waals surface area contributed by atoms with E-state index >= 15 is 0 Å². The Kier molecular flexibility index (Phi) is 6.97. The normalized spacial score (nSPS) is 11.5. The summed E-state index contributed by atoms with van der Waals surface area (Å²) in [6.45, 7) is 3.65. The van der Waals surface area contributed by atoms with Crippen molar-refractivity contribution in [1.29, 1.82) is 0 Å². The van der Waals surface area contributed by atoms with E-state index in [9.17, 15) is 14.0 Å². The number of rotatable bonds is 7. The largest absolute Gasteiger partial charge is 0.479 e. The number of hydrogen-bond acceptors (Lipinski definition) is 3. The Morgan fingerprint density at radius 1 is 1.15 bits per heavy atom. The van der Waals surface area contributed by atoms with Crippen LogP contribution in [-0.4, -0.2) is 31.0 Å². The maximum atomic E-state index is 13.5. The predicted octanol–water partition coefficient (Wildman–Crippen LogP) is 3.10. The van der Waals surface area contributed by atoms with Gasteiger partial charge in [-0.05, 0) is 43.7 Å². The van der Waals surface area contributed by atoms with Crippen LogP contribution >= 0.6 is 11.6 Å². The topological polar surface area (TPSA) is 67.4 Å². The molecule has 2 N–H and O–H groups in total. The molecule has 0 aromatic heterocycles. The molecule has 2 amide bonds. The summed E-state index contributed by atoms with van der Waals surface area (Å²) >= 11 is 5.98. The number of nitrogens with one attached hydrogen (secondary N) is 2. The molecule has 1 atom stereocenters. The van der Waals surface area contributed by atoms with Crippen molar-refractivity contribution < 1.29 is 18.7 Å². The van der Waals surface area contributed by atoms with Crippen molar-refractivity contribution in [3.63, 3.8) is 0 Å². The minimum absolute atomic E-state index is 0.207. The van der Waals surface area contributed by atoms with Gasteiger partial charge in [-0.1, -0.05) is 29.8 Å². The summed E-state index contributed by atoms with van der Waals surface area (Å²) in [5, 5.41) is 5.69. The van der Waals surface area contributed by atoms with Gasteiger partial charge in [-0.15, -0.1) is 0 Å². The Hall–Kier alpha value is -2.60. The SMILES string of the molecule is Cc1ccc(C(=O)NCCNC(=O)C(C)Oc2ccccc2Cl)cc1F. The second-order valence-corrected chi connectivity index (χ2v) is 6.11. The van der Waals surface area contributed by atoms with Crippen molar-refractivity contribution in [1.82, 2.24) is 10.6 Å². The molecule has 5 nitrogen and oxygen atoms in total. The van der Waals surface area contributed by atoms with Gasteiger partial charge in [0.15, 0.2) is 6.10 Å². The standard InChI is InChI=1S/C19H20ClFN2O3/c1-12-7-8-14(11-16(12)21)19(25)23-10-9-22-18(24)13(2)26-17-6-4-3-5-15(17)20/h3-8,11,13H,9-10H2,1-2H3,(H,22,24)(H,23,25). The molecule has 0 aliphatic heterocycles. The molecular formula is C19H20ClFN2O3. The Morgan fingerprint density at radius 3 is 2.54 bits per heavy atom. The van der Waals surface area contributed by atoms with Gasteiger partial charge in [0.25, 0.3) is 11.8 Å². The fourth-order valence-electron chi connectivity index (χ4n) is 2.13. The molecule has 0 saturated carbocycles. The van der Waals surface area contributed by atoms with Crippen LogP contribution in [0.1, 0.15) is 22.8 Å². The first-order valence-corrected chi connectivity index (χ1v) is 8.49. The van der Waals surface area contributed by atoms with Gasteiger partial charge in [-0.2, -0.15) is 0 Å². The fourth-order valence-corrected chi connectivity index (χ4v) is 2.31. The first kappa shape index (κ1) is 19.7. The van der Waals surface area contributed by atoms with E-state index in [0.29, 0.717) is 16.3 Å². The van der Waals surface area contributed by atoms with E-state index in [-0.39, 0.29) is 24.6 Å². The number of benzene rings is 2. The highest BCUT2D eigenvalue weighted by atomic mass is 35.5. The Bertz CT molecular complexity index is 798.